The fraction of sp³-hybridized carbons (Fsp3) is 0.682. The van der Waals surface area contributed by atoms with Crippen LogP contribution in [0, 0.1) is 5.92 Å². The number of nitrogens with zero attached hydrogens (tertiary/aromatic N) is 1. The van der Waals surface area contributed by atoms with Crippen molar-refractivity contribution in [3.8, 4) is 5.88 Å². The van der Waals surface area contributed by atoms with Crippen LogP contribution in [-0.2, 0) is 9.59 Å². The number of carbonyl (C=O) groups excluding carboxylic acids is 1. The van der Waals surface area contributed by atoms with Crippen LogP contribution < -0.4 is 10.1 Å². The number of methoxy groups -OCH3 is 1. The number of nitrogens with one attached hydrogen (secondary N) is 1. The number of carbonyl (C=O) groups is 2. The van der Waals surface area contributed by atoms with E-state index in [0.717, 1.165) is 31.4 Å². The van der Waals surface area contributed by atoms with E-state index >= 15 is 0 Å². The average molecular weight is 393 g/mol. The smallest absolute Gasteiger partial charge is 0.303 e. The van der Waals surface area contributed by atoms with E-state index in [2.05, 4.69) is 17.2 Å². The van der Waals surface area contributed by atoms with E-state index in [1.165, 1.54) is 44.9 Å². The summed E-state index contributed by atoms with van der Waals surface area (Å²) in [6.07, 6.45) is 15.1. The number of hydrogen-bond donors (Lipinski definition) is 2. The van der Waals surface area contributed by atoms with E-state index in [1.54, 1.807) is 25.4 Å². The van der Waals surface area contributed by atoms with Crippen molar-refractivity contribution in [2.45, 2.75) is 84.0 Å². The molecule has 2 rings (SSSR count). The Labute approximate surface area is 169 Å². The molecule has 1 heterocycles. The van der Waals surface area contributed by atoms with E-state index in [9.17, 15) is 9.59 Å². The first-order valence-electron chi connectivity index (χ1n) is 10.6. The quantitative estimate of drug-likeness (QED) is 0.437. The molecule has 0 radical (unpaired) electrons. The van der Waals surface area contributed by atoms with Gasteiger partial charge >= 0.3 is 5.97 Å². The highest BCUT2D eigenvalue weighted by molar-refractivity contribution is 5.93. The molecule has 0 atom stereocenters. The molecule has 1 aromatic rings. The van der Waals surface area contributed by atoms with Crippen LogP contribution in [0.5, 0.6) is 5.88 Å². The zero-order valence-electron chi connectivity index (χ0n) is 17.4. The molecule has 0 aromatic carbocycles. The molecule has 0 unspecified atom stereocenters. The van der Waals surface area contributed by atoms with Gasteiger partial charge in [0.15, 0.2) is 0 Å². The molecule has 1 aliphatic rings. The number of pyridine rings is 1. The van der Waals surface area contributed by atoms with Crippen LogP contribution in [0.4, 0.5) is 5.69 Å². The molecule has 0 aliphatic heterocycles. The van der Waals surface area contributed by atoms with Crippen molar-refractivity contribution in [1.29, 1.82) is 0 Å². The first kappa shape index (κ1) is 23.9. The van der Waals surface area contributed by atoms with E-state index in [1.807, 2.05) is 0 Å². The highest BCUT2D eigenvalue weighted by atomic mass is 16.5. The fourth-order valence-electron chi connectivity index (χ4n) is 2.75. The summed E-state index contributed by atoms with van der Waals surface area (Å²) in [6, 6.07) is 3.51. The van der Waals surface area contributed by atoms with Gasteiger partial charge in [-0.05, 0) is 25.3 Å². The van der Waals surface area contributed by atoms with Gasteiger partial charge in [0.05, 0.1) is 19.0 Å². The number of unbranched alkanes of at least 4 members (excludes halogenated alkanes) is 8. The first-order chi connectivity index (χ1) is 13.6. The molecule has 2 N–H and O–H groups in total. The van der Waals surface area contributed by atoms with Gasteiger partial charge < -0.3 is 15.2 Å². The number of ether oxygens (including phenoxy) is 1. The van der Waals surface area contributed by atoms with Crippen LogP contribution in [0.3, 0.4) is 0 Å². The van der Waals surface area contributed by atoms with E-state index < -0.39 is 5.97 Å². The van der Waals surface area contributed by atoms with Crippen molar-refractivity contribution in [3.63, 3.8) is 0 Å². The Hall–Kier alpha value is -2.11. The maximum absolute atomic E-state index is 11.4. The summed E-state index contributed by atoms with van der Waals surface area (Å²) in [5.41, 5.74) is 0.725. The summed E-state index contributed by atoms with van der Waals surface area (Å²) in [7, 11) is 1.56. The Bertz CT molecular complexity index is 556. The molecule has 1 saturated carbocycles. The van der Waals surface area contributed by atoms with Crippen LogP contribution in [0.25, 0.3) is 0 Å². The second-order valence-corrected chi connectivity index (χ2v) is 7.32. The molecular formula is C22H36N2O4. The Kier molecular flexibility index (Phi) is 12.7. The molecule has 1 fully saturated rings. The van der Waals surface area contributed by atoms with E-state index in [0.29, 0.717) is 12.3 Å². The van der Waals surface area contributed by atoms with Crippen molar-refractivity contribution in [1.82, 2.24) is 4.98 Å². The van der Waals surface area contributed by atoms with Crippen LogP contribution in [-0.4, -0.2) is 29.1 Å². The Balaban J connectivity index is 0.000000280. The summed E-state index contributed by atoms with van der Waals surface area (Å²) in [5.74, 6) is 0.205. The van der Waals surface area contributed by atoms with Gasteiger partial charge in [-0.2, -0.15) is 0 Å². The van der Waals surface area contributed by atoms with Crippen LogP contribution in [0.15, 0.2) is 18.3 Å². The molecule has 0 spiro atoms. The third-order valence-corrected chi connectivity index (χ3v) is 4.66. The van der Waals surface area contributed by atoms with Crippen molar-refractivity contribution in [2.75, 3.05) is 12.4 Å². The third-order valence-electron chi connectivity index (χ3n) is 4.66. The van der Waals surface area contributed by atoms with E-state index in [4.69, 9.17) is 9.84 Å². The second-order valence-electron chi connectivity index (χ2n) is 7.32. The number of rotatable bonds is 13. The summed E-state index contributed by atoms with van der Waals surface area (Å²) >= 11 is 0. The Morgan fingerprint density at radius 1 is 1.07 bits per heavy atom. The molecule has 28 heavy (non-hydrogen) atoms. The summed E-state index contributed by atoms with van der Waals surface area (Å²) in [6.45, 7) is 2.23. The highest BCUT2D eigenvalue weighted by Crippen LogP contribution is 2.30. The summed E-state index contributed by atoms with van der Waals surface area (Å²) in [5, 5.41) is 11.2. The monoisotopic (exact) mass is 392 g/mol. The average Bonchev–Trinajstić information content (AvgIpc) is 3.53. The standard InChI is InChI=1S/C12H24O2.C10H12N2O2/c1-2-3-4-5-6-7-8-9-10-11-12(13)14;1-14-9-5-4-8(6-11-9)12-10(13)7-2-3-7/h2-11H2,1H3,(H,13,14);4-7H,2-3H2,1H3,(H,12,13). The molecule has 6 heteroatoms. The highest BCUT2D eigenvalue weighted by Gasteiger charge is 2.29. The van der Waals surface area contributed by atoms with Crippen molar-refractivity contribution >= 4 is 17.6 Å². The third kappa shape index (κ3) is 12.3. The zero-order chi connectivity index (χ0) is 20.6. The van der Waals surface area contributed by atoms with Crippen LogP contribution in [0.2, 0.25) is 0 Å². The lowest BCUT2D eigenvalue weighted by molar-refractivity contribution is -0.137. The number of hydrogen-bond acceptors (Lipinski definition) is 4. The molecule has 6 nitrogen and oxygen atoms in total. The molecule has 0 bridgehead atoms. The number of amides is 1. The van der Waals surface area contributed by atoms with Gasteiger partial charge in [0, 0.05) is 18.4 Å². The predicted octanol–water partition coefficient (Wildman–Crippen LogP) is 5.43. The van der Waals surface area contributed by atoms with Crippen LogP contribution in [0.1, 0.15) is 84.0 Å². The molecule has 158 valence electrons. The predicted molar refractivity (Wildman–Crippen MR) is 112 cm³/mol. The minimum atomic E-state index is -0.659. The molecular weight excluding hydrogens is 356 g/mol. The maximum atomic E-state index is 11.4. The lowest BCUT2D eigenvalue weighted by atomic mass is 10.1. The molecule has 1 aromatic heterocycles. The Morgan fingerprint density at radius 2 is 1.68 bits per heavy atom. The fourth-order valence-corrected chi connectivity index (χ4v) is 2.75. The Morgan fingerprint density at radius 3 is 2.14 bits per heavy atom. The lowest BCUT2D eigenvalue weighted by Gasteiger charge is -2.03. The van der Waals surface area contributed by atoms with Gasteiger partial charge in [0.25, 0.3) is 0 Å². The van der Waals surface area contributed by atoms with Crippen molar-refractivity contribution in [2.24, 2.45) is 5.92 Å². The lowest BCUT2D eigenvalue weighted by Crippen LogP contribution is -2.13. The van der Waals surface area contributed by atoms with Crippen molar-refractivity contribution in [3.05, 3.63) is 18.3 Å². The largest absolute Gasteiger partial charge is 0.481 e. The normalized spacial score (nSPS) is 12.6. The number of anilines is 1. The second kappa shape index (κ2) is 14.9. The van der Waals surface area contributed by atoms with Gasteiger partial charge in [-0.1, -0.05) is 58.3 Å². The molecule has 1 aliphatic carbocycles. The first-order valence-corrected chi connectivity index (χ1v) is 10.6. The topological polar surface area (TPSA) is 88.5 Å². The minimum absolute atomic E-state index is 0.0944. The number of aromatic nitrogens is 1. The number of carboxylic acids is 1. The zero-order valence-corrected chi connectivity index (χ0v) is 17.4. The van der Waals surface area contributed by atoms with Gasteiger partial charge in [-0.15, -0.1) is 0 Å². The van der Waals surface area contributed by atoms with Crippen LogP contribution >= 0.6 is 0 Å². The van der Waals surface area contributed by atoms with Gasteiger partial charge in [0.1, 0.15) is 0 Å². The van der Waals surface area contributed by atoms with Crippen molar-refractivity contribution < 1.29 is 19.4 Å². The van der Waals surface area contributed by atoms with E-state index in [-0.39, 0.29) is 11.8 Å². The molecule has 0 saturated heterocycles. The molecule has 1 amide bonds. The van der Waals surface area contributed by atoms with Gasteiger partial charge in [0.2, 0.25) is 11.8 Å². The minimum Gasteiger partial charge on any atom is -0.481 e. The number of carboxylic acid groups (broad SMARTS) is 1. The maximum Gasteiger partial charge on any atom is 0.303 e. The summed E-state index contributed by atoms with van der Waals surface area (Å²) < 4.78 is 4.91. The van der Waals surface area contributed by atoms with Gasteiger partial charge in [-0.25, -0.2) is 4.98 Å². The summed E-state index contributed by atoms with van der Waals surface area (Å²) in [4.78, 5) is 25.6. The SMILES string of the molecule is CCCCCCCCCCCC(=O)O.COc1ccc(NC(=O)C2CC2)cn1. The van der Waals surface area contributed by atoms with Gasteiger partial charge in [-0.3, -0.25) is 9.59 Å². The number of aliphatic carboxylic acids is 1.